The molecule has 0 spiro atoms. The lowest BCUT2D eigenvalue weighted by atomic mass is 10.1. The van der Waals surface area contributed by atoms with Crippen LogP contribution in [0.15, 0.2) is 60.7 Å². The first kappa shape index (κ1) is 20.8. The first-order chi connectivity index (χ1) is 15.7. The zero-order valence-corrected chi connectivity index (χ0v) is 18.7. The van der Waals surface area contributed by atoms with E-state index in [-0.39, 0.29) is 11.8 Å². The van der Waals surface area contributed by atoms with E-state index in [4.69, 9.17) is 4.98 Å². The Morgan fingerprint density at radius 3 is 2.16 bits per heavy atom. The van der Waals surface area contributed by atoms with E-state index >= 15 is 0 Å². The predicted octanol–water partition coefficient (Wildman–Crippen LogP) is 3.51. The van der Waals surface area contributed by atoms with Crippen molar-refractivity contribution in [1.29, 1.82) is 0 Å². The van der Waals surface area contributed by atoms with Crippen molar-refractivity contribution in [3.8, 4) is 21.8 Å². The topological polar surface area (TPSA) is 65.5 Å². The highest BCUT2D eigenvalue weighted by atomic mass is 32.1. The first-order valence-corrected chi connectivity index (χ1v) is 11.9. The van der Waals surface area contributed by atoms with Crippen molar-refractivity contribution in [1.82, 2.24) is 20.1 Å². The molecule has 32 heavy (non-hydrogen) atoms. The molecule has 0 radical (unpaired) electrons. The summed E-state index contributed by atoms with van der Waals surface area (Å²) in [6.45, 7) is 3.04. The van der Waals surface area contributed by atoms with Gasteiger partial charge in [0, 0.05) is 43.3 Å². The number of hydrogen-bond acceptors (Lipinski definition) is 5. The minimum atomic E-state index is 0.0191. The van der Waals surface area contributed by atoms with Gasteiger partial charge in [-0.3, -0.25) is 14.5 Å². The van der Waals surface area contributed by atoms with Gasteiger partial charge in [0.1, 0.15) is 9.88 Å². The molecule has 2 aromatic carbocycles. The molecule has 1 aromatic heterocycles. The second-order valence-corrected chi connectivity index (χ2v) is 9.34. The lowest BCUT2D eigenvalue weighted by Crippen LogP contribution is -2.51. The van der Waals surface area contributed by atoms with E-state index < -0.39 is 0 Å². The van der Waals surface area contributed by atoms with Crippen molar-refractivity contribution in [3.05, 3.63) is 65.5 Å². The van der Waals surface area contributed by atoms with Gasteiger partial charge in [-0.2, -0.15) is 0 Å². The fourth-order valence-electron chi connectivity index (χ4n) is 3.92. The second-order valence-electron chi connectivity index (χ2n) is 8.34. The molecule has 2 amide bonds. The molecule has 5 rings (SSSR count). The Morgan fingerprint density at radius 1 is 0.906 bits per heavy atom. The van der Waals surface area contributed by atoms with Gasteiger partial charge >= 0.3 is 0 Å². The number of thiazole rings is 1. The van der Waals surface area contributed by atoms with Crippen LogP contribution in [0.3, 0.4) is 0 Å². The Kier molecular flexibility index (Phi) is 6.01. The van der Waals surface area contributed by atoms with Crippen LogP contribution in [-0.2, 0) is 4.79 Å². The van der Waals surface area contributed by atoms with Crippen molar-refractivity contribution >= 4 is 23.2 Å². The van der Waals surface area contributed by atoms with E-state index in [2.05, 4.69) is 10.2 Å². The number of hydrogen-bond donors (Lipinski definition) is 1. The fourth-order valence-corrected chi connectivity index (χ4v) is 4.98. The minimum Gasteiger partial charge on any atom is -0.352 e. The summed E-state index contributed by atoms with van der Waals surface area (Å²) in [6, 6.07) is 20.3. The second kappa shape index (κ2) is 9.22. The van der Waals surface area contributed by atoms with Crippen LogP contribution >= 0.6 is 11.3 Å². The Morgan fingerprint density at radius 2 is 1.53 bits per heavy atom. The maximum absolute atomic E-state index is 13.5. The average molecular weight is 447 g/mol. The molecule has 2 heterocycles. The molecule has 1 saturated heterocycles. The Labute approximate surface area is 191 Å². The maximum Gasteiger partial charge on any atom is 0.266 e. The number of carbonyl (C=O) groups is 2. The first-order valence-electron chi connectivity index (χ1n) is 11.1. The van der Waals surface area contributed by atoms with Gasteiger partial charge in [0.25, 0.3) is 5.91 Å². The molecule has 1 saturated carbocycles. The summed E-state index contributed by atoms with van der Waals surface area (Å²) in [5, 5.41) is 3.89. The molecular formula is C25H26N4O2S. The fraction of sp³-hybridized carbons (Fsp3) is 0.320. The van der Waals surface area contributed by atoms with E-state index in [1.54, 1.807) is 0 Å². The summed E-state index contributed by atoms with van der Waals surface area (Å²) in [5.41, 5.74) is 2.70. The summed E-state index contributed by atoms with van der Waals surface area (Å²) < 4.78 is 0. The molecule has 0 atom stereocenters. The van der Waals surface area contributed by atoms with Gasteiger partial charge < -0.3 is 10.2 Å². The number of rotatable bonds is 6. The number of carbonyl (C=O) groups excluding carboxylic acids is 2. The van der Waals surface area contributed by atoms with Crippen LogP contribution in [0, 0.1) is 0 Å². The lowest BCUT2D eigenvalue weighted by molar-refractivity contribution is -0.122. The quantitative estimate of drug-likeness (QED) is 0.629. The van der Waals surface area contributed by atoms with E-state index in [9.17, 15) is 9.59 Å². The lowest BCUT2D eigenvalue weighted by Gasteiger charge is -2.34. The van der Waals surface area contributed by atoms with Gasteiger partial charge in [-0.15, -0.1) is 11.3 Å². The molecular weight excluding hydrogens is 420 g/mol. The molecule has 2 aliphatic rings. The van der Waals surface area contributed by atoms with Crippen molar-refractivity contribution in [2.45, 2.75) is 18.9 Å². The highest BCUT2D eigenvalue weighted by molar-refractivity contribution is 7.17. The monoisotopic (exact) mass is 446 g/mol. The van der Waals surface area contributed by atoms with Crippen LogP contribution in [0.25, 0.3) is 21.8 Å². The zero-order chi connectivity index (χ0) is 21.9. The third-order valence-corrected chi connectivity index (χ3v) is 6.95. The summed E-state index contributed by atoms with van der Waals surface area (Å²) in [6.07, 6.45) is 2.19. The Hall–Kier alpha value is -3.03. The third-order valence-electron chi connectivity index (χ3n) is 5.86. The van der Waals surface area contributed by atoms with Crippen LogP contribution in [0.2, 0.25) is 0 Å². The van der Waals surface area contributed by atoms with Gasteiger partial charge in [0.2, 0.25) is 5.91 Å². The summed E-state index contributed by atoms with van der Waals surface area (Å²) in [4.78, 5) is 35.2. The highest BCUT2D eigenvalue weighted by Gasteiger charge is 2.29. The molecule has 7 heteroatoms. The number of piperazine rings is 1. The summed E-state index contributed by atoms with van der Waals surface area (Å²) >= 11 is 1.45. The molecule has 3 aromatic rings. The van der Waals surface area contributed by atoms with Crippen LogP contribution < -0.4 is 5.32 Å². The number of benzene rings is 2. The largest absolute Gasteiger partial charge is 0.352 e. The standard InChI is InChI=1S/C25H26N4O2S/c30-21(26-20-11-12-20)17-28-13-15-29(16-14-28)25(31)23-22(18-7-3-1-4-8-18)27-24(32-23)19-9-5-2-6-10-19/h1-10,20H,11-17H2,(H,26,30). The SMILES string of the molecule is O=C(CN1CCN(C(=O)c2sc(-c3ccccc3)nc2-c2ccccc2)CC1)NC1CC1. The van der Waals surface area contributed by atoms with Crippen LogP contribution in [0.1, 0.15) is 22.5 Å². The summed E-state index contributed by atoms with van der Waals surface area (Å²) in [5.74, 6) is 0.110. The molecule has 1 aliphatic heterocycles. The maximum atomic E-state index is 13.5. The van der Waals surface area contributed by atoms with Crippen LogP contribution in [0.4, 0.5) is 0 Å². The summed E-state index contributed by atoms with van der Waals surface area (Å²) in [7, 11) is 0. The van der Waals surface area contributed by atoms with Crippen LogP contribution in [0.5, 0.6) is 0 Å². The Balaban J connectivity index is 1.33. The van der Waals surface area contributed by atoms with E-state index in [1.807, 2.05) is 65.6 Å². The molecule has 1 aliphatic carbocycles. The average Bonchev–Trinajstić information content (AvgIpc) is 3.53. The highest BCUT2D eigenvalue weighted by Crippen LogP contribution is 2.34. The van der Waals surface area contributed by atoms with Crippen molar-refractivity contribution < 1.29 is 9.59 Å². The predicted molar refractivity (Wildman–Crippen MR) is 126 cm³/mol. The van der Waals surface area contributed by atoms with Crippen LogP contribution in [-0.4, -0.2) is 65.4 Å². The van der Waals surface area contributed by atoms with E-state index in [0.717, 1.165) is 34.7 Å². The van der Waals surface area contributed by atoms with Crippen molar-refractivity contribution in [3.63, 3.8) is 0 Å². The van der Waals surface area contributed by atoms with Gasteiger partial charge in [-0.05, 0) is 12.8 Å². The third kappa shape index (κ3) is 4.74. The number of amides is 2. The van der Waals surface area contributed by atoms with E-state index in [1.165, 1.54) is 11.3 Å². The smallest absolute Gasteiger partial charge is 0.266 e. The van der Waals surface area contributed by atoms with Gasteiger partial charge in [0.15, 0.2) is 0 Å². The molecule has 1 N–H and O–H groups in total. The van der Waals surface area contributed by atoms with Crippen molar-refractivity contribution in [2.24, 2.45) is 0 Å². The van der Waals surface area contributed by atoms with E-state index in [0.29, 0.717) is 43.6 Å². The zero-order valence-electron chi connectivity index (χ0n) is 17.9. The Bertz CT molecular complexity index is 1090. The normalized spacial score (nSPS) is 16.7. The van der Waals surface area contributed by atoms with Gasteiger partial charge in [-0.25, -0.2) is 4.98 Å². The molecule has 0 unspecified atom stereocenters. The molecule has 0 bridgehead atoms. The number of nitrogens with one attached hydrogen (secondary N) is 1. The van der Waals surface area contributed by atoms with Gasteiger partial charge in [0.05, 0.1) is 12.2 Å². The van der Waals surface area contributed by atoms with Gasteiger partial charge in [-0.1, -0.05) is 60.7 Å². The molecule has 6 nitrogen and oxygen atoms in total. The minimum absolute atomic E-state index is 0.0191. The number of aromatic nitrogens is 1. The molecule has 2 fully saturated rings. The van der Waals surface area contributed by atoms with Crippen molar-refractivity contribution in [2.75, 3.05) is 32.7 Å². The molecule has 164 valence electrons. The number of nitrogens with zero attached hydrogens (tertiary/aromatic N) is 3.